The van der Waals surface area contributed by atoms with E-state index in [1.807, 2.05) is 0 Å². The van der Waals surface area contributed by atoms with E-state index in [0.717, 1.165) is 0 Å². The van der Waals surface area contributed by atoms with Crippen molar-refractivity contribution in [3.05, 3.63) is 0 Å². The molecular formula is H7Al7CaO14. The fourth-order valence-electron chi connectivity index (χ4n) is 0. The van der Waals surface area contributed by atoms with E-state index in [2.05, 4.69) is 0 Å². The molecule has 0 aromatic heterocycles. The summed E-state index contributed by atoms with van der Waals surface area (Å²) in [6.45, 7) is 0. The van der Waals surface area contributed by atoms with E-state index in [-0.39, 0.29) is 37.7 Å². The van der Waals surface area contributed by atoms with Crippen LogP contribution in [0.2, 0.25) is 0 Å². The van der Waals surface area contributed by atoms with E-state index in [1.54, 1.807) is 0 Å². The monoisotopic (exact) mass is 460 g/mol. The molecule has 0 aliphatic heterocycles. The fourth-order valence-corrected chi connectivity index (χ4v) is 0. The fraction of sp³-hybridized carbons (Fsp3) is 0. The van der Waals surface area contributed by atoms with Crippen molar-refractivity contribution >= 4 is 146 Å². The van der Waals surface area contributed by atoms with Gasteiger partial charge in [-0.1, -0.05) is 0 Å². The van der Waals surface area contributed by atoms with E-state index >= 15 is 0 Å². The zero-order chi connectivity index (χ0) is 18.9. The molecule has 0 saturated carbocycles. The first-order valence-electron chi connectivity index (χ1n) is 3.46. The summed E-state index contributed by atoms with van der Waals surface area (Å²) in [5.74, 6) is 0. The van der Waals surface area contributed by atoms with Crippen LogP contribution < -0.4 is 0 Å². The first-order valence-corrected chi connectivity index (χ1v) is 10.4. The van der Waals surface area contributed by atoms with Crippen molar-refractivity contribution in [2.75, 3.05) is 0 Å². The van der Waals surface area contributed by atoms with Gasteiger partial charge in [0.1, 0.15) is 0 Å². The molecule has 0 aromatic rings. The molecule has 0 fully saturated rings. The van der Waals surface area contributed by atoms with Gasteiger partial charge in [0.2, 0.25) is 0 Å². The SMILES string of the molecule is [Ca].[O]=[Al][OH].[O]=[Al][OH].[O]=[Al][OH].[O]=[Al][OH].[O]=[Al][OH].[O]=[Al][OH].[O]=[Al][OH]. The van der Waals surface area contributed by atoms with Gasteiger partial charge in [0.15, 0.2) is 0 Å². The maximum atomic E-state index is 8.57. The molecule has 22 heavy (non-hydrogen) atoms. The summed E-state index contributed by atoms with van der Waals surface area (Å²) in [5, 5.41) is 0. The molecule has 0 spiro atoms. The van der Waals surface area contributed by atoms with E-state index in [0.29, 0.717) is 0 Å². The van der Waals surface area contributed by atoms with Crippen molar-refractivity contribution in [3.63, 3.8) is 0 Å². The van der Waals surface area contributed by atoms with Crippen LogP contribution in [0, 0.1) is 0 Å². The Labute approximate surface area is 198 Å². The molecule has 0 saturated heterocycles. The van der Waals surface area contributed by atoms with Crippen molar-refractivity contribution in [1.29, 1.82) is 0 Å². The molecular weight excluding hydrogens is 453 g/mol. The van der Waals surface area contributed by atoms with Crippen LogP contribution in [0.5, 0.6) is 0 Å². The first kappa shape index (κ1) is 49.6. The van der Waals surface area contributed by atoms with Gasteiger partial charge in [-0.25, -0.2) is 0 Å². The van der Waals surface area contributed by atoms with Crippen molar-refractivity contribution < 1.29 is 55.7 Å². The molecule has 0 heterocycles. The Bertz CT molecular complexity index is 137. The number of hydrogen-bond acceptors (Lipinski definition) is 7. The van der Waals surface area contributed by atoms with Crippen LogP contribution in [0.3, 0.4) is 0 Å². The molecule has 0 aromatic carbocycles. The standard InChI is InChI=1S/7Al.Ca.7H2O.7O/h;;;;;;;;7*1H2;;;;;;;/q7*+1;;;;;;;;;;;;;;;/p-7. The van der Waals surface area contributed by atoms with Crippen LogP contribution >= 0.6 is 0 Å². The van der Waals surface area contributed by atoms with E-state index in [4.69, 9.17) is 55.7 Å². The summed E-state index contributed by atoms with van der Waals surface area (Å²) in [4.78, 5) is 0. The minimum absolute atomic E-state index is 0. The molecule has 114 valence electrons. The minimum atomic E-state index is -1.50. The topological polar surface area (TPSA) is 261 Å². The Morgan fingerprint density at radius 3 is 0.318 bits per heavy atom. The molecule has 7 N–H and O–H groups in total. The summed E-state index contributed by atoms with van der Waals surface area (Å²) >= 11 is -10.5. The van der Waals surface area contributed by atoms with Gasteiger partial charge in [-0.2, -0.15) is 0 Å². The van der Waals surface area contributed by atoms with Crippen LogP contribution in [0.15, 0.2) is 0 Å². The molecule has 0 bridgehead atoms. The summed E-state index contributed by atoms with van der Waals surface area (Å²) in [6.07, 6.45) is 0. The van der Waals surface area contributed by atoms with Crippen molar-refractivity contribution in [1.82, 2.24) is 0 Å². The molecule has 0 amide bonds. The third-order valence-corrected chi connectivity index (χ3v) is 0. The van der Waals surface area contributed by atoms with Gasteiger partial charge in [-0.15, -0.1) is 0 Å². The van der Waals surface area contributed by atoms with Gasteiger partial charge in [-0.3, -0.25) is 0 Å². The Hall–Kier alpha value is 2.19. The van der Waals surface area contributed by atoms with E-state index in [9.17, 15) is 0 Å². The Kier molecular flexibility index (Phi) is 305. The summed E-state index contributed by atoms with van der Waals surface area (Å²) in [5.41, 5.74) is 0. The zero-order valence-corrected chi connectivity index (χ0v) is 21.0. The predicted molar refractivity (Wildman–Crippen MR) is 66.4 cm³/mol. The van der Waals surface area contributed by atoms with Crippen LogP contribution in [-0.4, -0.2) is 175 Å². The van der Waals surface area contributed by atoms with Gasteiger partial charge in [0.05, 0.1) is 0 Å². The molecule has 0 aliphatic carbocycles. The van der Waals surface area contributed by atoms with Crippen LogP contribution in [0.4, 0.5) is 0 Å². The van der Waals surface area contributed by atoms with Gasteiger partial charge in [0.25, 0.3) is 0 Å². The maximum absolute atomic E-state index is 8.57. The molecule has 0 unspecified atom stereocenters. The predicted octanol–water partition coefficient (Wildman–Crippen LogP) is -7.78. The molecule has 22 heteroatoms. The molecule has 0 aliphatic rings. The Morgan fingerprint density at radius 1 is 0.318 bits per heavy atom. The van der Waals surface area contributed by atoms with Crippen LogP contribution in [0.1, 0.15) is 0 Å². The van der Waals surface area contributed by atoms with Crippen molar-refractivity contribution in [2.24, 2.45) is 0 Å². The zero-order valence-electron chi connectivity index (χ0n) is 10.7. The summed E-state index contributed by atoms with van der Waals surface area (Å²) in [7, 11) is 0. The van der Waals surface area contributed by atoms with Crippen LogP contribution in [-0.2, 0) is 26.6 Å². The van der Waals surface area contributed by atoms with Crippen molar-refractivity contribution in [3.8, 4) is 0 Å². The quantitative estimate of drug-likeness (QED) is 0.166. The summed E-state index contributed by atoms with van der Waals surface area (Å²) in [6, 6.07) is 0. The normalized spacial score (nSPS) is 2.55. The number of hydrogen-bond donors (Lipinski definition) is 7. The van der Waals surface area contributed by atoms with Crippen molar-refractivity contribution in [2.45, 2.75) is 0 Å². The average Bonchev–Trinajstić information content (AvgIpc) is 2.35. The summed E-state index contributed by atoms with van der Waals surface area (Å²) < 4.78 is 110. The van der Waals surface area contributed by atoms with Gasteiger partial charge < -0.3 is 0 Å². The van der Waals surface area contributed by atoms with Gasteiger partial charge in [0, 0.05) is 37.7 Å². The number of rotatable bonds is 0. The van der Waals surface area contributed by atoms with Gasteiger partial charge in [-0.05, 0) is 0 Å². The third kappa shape index (κ3) is 2080. The van der Waals surface area contributed by atoms with Crippen LogP contribution in [0.25, 0.3) is 0 Å². The van der Waals surface area contributed by atoms with Gasteiger partial charge >= 0.3 is 164 Å². The molecule has 0 rings (SSSR count). The second-order valence-corrected chi connectivity index (χ2v) is 2.21. The second kappa shape index (κ2) is 135. The molecule has 14 nitrogen and oxygen atoms in total. The average molecular weight is 460 g/mol. The van der Waals surface area contributed by atoms with E-state index in [1.165, 1.54) is 0 Å². The Morgan fingerprint density at radius 2 is 0.318 bits per heavy atom. The Balaban J connectivity index is -0.0000000172. The molecule has 2 radical (unpaired) electrons. The first-order chi connectivity index (χ1) is 9.90. The molecule has 0 atom stereocenters. The second-order valence-electron chi connectivity index (χ2n) is 0.738. The third-order valence-electron chi connectivity index (χ3n) is 0. The van der Waals surface area contributed by atoms with E-state index < -0.39 is 108 Å².